The molecule has 0 saturated heterocycles. The summed E-state index contributed by atoms with van der Waals surface area (Å²) in [5.41, 5.74) is 5.02. The van der Waals surface area contributed by atoms with Crippen molar-refractivity contribution in [3.8, 4) is 11.3 Å². The number of hydrogen-bond donors (Lipinski definition) is 0. The molecule has 4 rings (SSSR count). The molecule has 1 aliphatic carbocycles. The van der Waals surface area contributed by atoms with Crippen molar-refractivity contribution in [2.75, 3.05) is 0 Å². The molecule has 3 aromatic rings. The van der Waals surface area contributed by atoms with Gasteiger partial charge in [-0.05, 0) is 12.1 Å². The van der Waals surface area contributed by atoms with E-state index in [1.54, 1.807) is 0 Å². The third kappa shape index (κ3) is 1.31. The molecule has 0 bridgehead atoms. The molecule has 0 saturated carbocycles. The van der Waals surface area contributed by atoms with Crippen LogP contribution in [0.25, 0.3) is 22.3 Å². The van der Waals surface area contributed by atoms with Crippen molar-refractivity contribution in [2.24, 2.45) is 5.16 Å². The van der Waals surface area contributed by atoms with Crippen molar-refractivity contribution >= 4 is 16.7 Å². The lowest BCUT2D eigenvalue weighted by molar-refractivity contribution is 1.28. The third-order valence-electron chi connectivity index (χ3n) is 3.32. The summed E-state index contributed by atoms with van der Waals surface area (Å²) in [5.74, 6) is 0. The molecular formula is C15H8N3O-. The molecule has 2 aromatic carbocycles. The van der Waals surface area contributed by atoms with Gasteiger partial charge in [-0.1, -0.05) is 36.4 Å². The Labute approximate surface area is 109 Å². The van der Waals surface area contributed by atoms with Gasteiger partial charge >= 0.3 is 0 Å². The summed E-state index contributed by atoms with van der Waals surface area (Å²) >= 11 is 0. The number of para-hydroxylation sites is 2. The second kappa shape index (κ2) is 3.62. The largest absolute Gasteiger partial charge is 0.791 e. The second-order valence-corrected chi connectivity index (χ2v) is 4.40. The molecular weight excluding hydrogens is 238 g/mol. The van der Waals surface area contributed by atoms with Crippen molar-refractivity contribution in [1.82, 2.24) is 9.97 Å². The number of hydrogen-bond acceptors (Lipinski definition) is 4. The average Bonchev–Trinajstić information content (AvgIpc) is 2.78. The van der Waals surface area contributed by atoms with Crippen LogP contribution in [-0.2, 0) is 0 Å². The summed E-state index contributed by atoms with van der Waals surface area (Å²) in [4.78, 5) is 9.14. The number of aromatic nitrogens is 2. The number of nitrogens with zero attached hydrogens (tertiary/aromatic N) is 3. The van der Waals surface area contributed by atoms with E-state index >= 15 is 0 Å². The normalized spacial score (nSPS) is 14.6. The molecule has 0 N–H and O–H groups in total. The van der Waals surface area contributed by atoms with Crippen LogP contribution >= 0.6 is 0 Å². The lowest BCUT2D eigenvalue weighted by Gasteiger charge is -2.03. The summed E-state index contributed by atoms with van der Waals surface area (Å²) in [7, 11) is 0. The van der Waals surface area contributed by atoms with Gasteiger partial charge in [0.15, 0.2) is 0 Å². The molecule has 0 aliphatic heterocycles. The zero-order chi connectivity index (χ0) is 12.8. The lowest BCUT2D eigenvalue weighted by Crippen LogP contribution is -2.01. The molecule has 0 fully saturated rings. The van der Waals surface area contributed by atoms with Crippen LogP contribution in [0.3, 0.4) is 0 Å². The zero-order valence-electron chi connectivity index (χ0n) is 9.87. The van der Waals surface area contributed by atoms with Crippen LogP contribution in [0.15, 0.2) is 53.7 Å². The summed E-state index contributed by atoms with van der Waals surface area (Å²) in [5, 5.41) is 14.3. The minimum Gasteiger partial charge on any atom is -0.791 e. The van der Waals surface area contributed by atoms with Gasteiger partial charge in [0, 0.05) is 11.1 Å². The Bertz CT molecular complexity index is 840. The monoisotopic (exact) mass is 246 g/mol. The van der Waals surface area contributed by atoms with Gasteiger partial charge in [-0.15, -0.1) is 0 Å². The third-order valence-corrected chi connectivity index (χ3v) is 3.32. The molecule has 0 atom stereocenters. The van der Waals surface area contributed by atoms with Crippen LogP contribution in [0.5, 0.6) is 0 Å². The fraction of sp³-hybridized carbons (Fsp3) is 0. The predicted octanol–water partition coefficient (Wildman–Crippen LogP) is 2.95. The molecule has 1 heterocycles. The first-order valence-corrected chi connectivity index (χ1v) is 5.96. The lowest BCUT2D eigenvalue weighted by atomic mass is 10.1. The van der Waals surface area contributed by atoms with Gasteiger partial charge in [0.1, 0.15) is 5.69 Å². The highest BCUT2D eigenvalue weighted by Crippen LogP contribution is 2.35. The van der Waals surface area contributed by atoms with Crippen LogP contribution < -0.4 is 0 Å². The molecule has 90 valence electrons. The van der Waals surface area contributed by atoms with Crippen LogP contribution in [0.1, 0.15) is 11.3 Å². The maximum atomic E-state index is 11.1. The van der Waals surface area contributed by atoms with E-state index in [2.05, 4.69) is 15.1 Å². The Kier molecular flexibility index (Phi) is 1.94. The van der Waals surface area contributed by atoms with Crippen LogP contribution in [0.2, 0.25) is 0 Å². The average molecular weight is 246 g/mol. The molecule has 1 aromatic heterocycles. The van der Waals surface area contributed by atoms with Gasteiger partial charge in [-0.3, -0.25) is 0 Å². The van der Waals surface area contributed by atoms with Gasteiger partial charge in [0.05, 0.1) is 22.4 Å². The summed E-state index contributed by atoms with van der Waals surface area (Å²) < 4.78 is 0. The number of benzene rings is 2. The first-order chi connectivity index (χ1) is 9.38. The molecule has 0 radical (unpaired) electrons. The van der Waals surface area contributed by atoms with Crippen molar-refractivity contribution < 1.29 is 0 Å². The van der Waals surface area contributed by atoms with Crippen LogP contribution in [0.4, 0.5) is 0 Å². The Morgan fingerprint density at radius 3 is 2.00 bits per heavy atom. The van der Waals surface area contributed by atoms with E-state index in [4.69, 9.17) is 0 Å². The SMILES string of the molecule is [O-]/N=C1\c2ccccc2-c2nc3ccccc3nc21. The van der Waals surface area contributed by atoms with Gasteiger partial charge in [0.2, 0.25) is 0 Å². The van der Waals surface area contributed by atoms with Crippen LogP contribution in [0, 0.1) is 5.21 Å². The fourth-order valence-corrected chi connectivity index (χ4v) is 2.47. The van der Waals surface area contributed by atoms with Gasteiger partial charge in [0.25, 0.3) is 0 Å². The van der Waals surface area contributed by atoms with Crippen molar-refractivity contribution in [3.05, 3.63) is 65.0 Å². The molecule has 0 unspecified atom stereocenters. The standard InChI is InChI=1S/C15H9N3O/c19-18-14-10-6-2-1-5-9(10)13-15(14)17-12-8-4-3-7-11(12)16-13/h1-8,19H/p-1/b18-14+. The van der Waals surface area contributed by atoms with E-state index in [-0.39, 0.29) is 0 Å². The van der Waals surface area contributed by atoms with E-state index in [0.717, 1.165) is 27.9 Å². The molecule has 4 heteroatoms. The highest BCUT2D eigenvalue weighted by Gasteiger charge is 2.26. The molecule has 0 amide bonds. The molecule has 4 nitrogen and oxygen atoms in total. The maximum Gasteiger partial charge on any atom is 0.115 e. The highest BCUT2D eigenvalue weighted by molar-refractivity contribution is 6.23. The Morgan fingerprint density at radius 2 is 1.32 bits per heavy atom. The summed E-state index contributed by atoms with van der Waals surface area (Å²) in [6, 6.07) is 15.2. The van der Waals surface area contributed by atoms with Crippen molar-refractivity contribution in [1.29, 1.82) is 0 Å². The fourth-order valence-electron chi connectivity index (χ4n) is 2.47. The van der Waals surface area contributed by atoms with Gasteiger partial charge < -0.3 is 10.4 Å². The molecule has 0 spiro atoms. The first kappa shape index (κ1) is 10.2. The highest BCUT2D eigenvalue weighted by atomic mass is 16.4. The van der Waals surface area contributed by atoms with Gasteiger partial charge in [-0.2, -0.15) is 0 Å². The Hall–Kier alpha value is -2.75. The van der Waals surface area contributed by atoms with Crippen molar-refractivity contribution in [3.63, 3.8) is 0 Å². The first-order valence-electron chi connectivity index (χ1n) is 5.96. The van der Waals surface area contributed by atoms with E-state index in [1.807, 2.05) is 48.5 Å². The predicted molar refractivity (Wildman–Crippen MR) is 74.0 cm³/mol. The summed E-state index contributed by atoms with van der Waals surface area (Å²) in [6.07, 6.45) is 0. The minimum absolute atomic E-state index is 0.379. The molecule has 1 aliphatic rings. The van der Waals surface area contributed by atoms with Crippen LogP contribution in [-0.4, -0.2) is 15.7 Å². The number of fused-ring (bicyclic) bond motifs is 4. The maximum absolute atomic E-state index is 11.1. The zero-order valence-corrected chi connectivity index (χ0v) is 9.87. The van der Waals surface area contributed by atoms with E-state index in [1.165, 1.54) is 0 Å². The van der Waals surface area contributed by atoms with E-state index < -0.39 is 0 Å². The smallest absolute Gasteiger partial charge is 0.115 e. The van der Waals surface area contributed by atoms with E-state index in [0.29, 0.717) is 11.4 Å². The quantitative estimate of drug-likeness (QED) is 0.448. The topological polar surface area (TPSA) is 61.2 Å². The van der Waals surface area contributed by atoms with E-state index in [9.17, 15) is 5.21 Å². The minimum atomic E-state index is 0.379. The Balaban J connectivity index is 2.14. The molecule has 19 heavy (non-hydrogen) atoms. The van der Waals surface area contributed by atoms with Crippen molar-refractivity contribution in [2.45, 2.75) is 0 Å². The van der Waals surface area contributed by atoms with Gasteiger partial charge in [-0.25, -0.2) is 9.97 Å². The second-order valence-electron chi connectivity index (χ2n) is 4.40. The number of rotatable bonds is 0. The Morgan fingerprint density at radius 1 is 0.737 bits per heavy atom. The summed E-state index contributed by atoms with van der Waals surface area (Å²) in [6.45, 7) is 0.